The predicted octanol–water partition coefficient (Wildman–Crippen LogP) is 5.40. The van der Waals surface area contributed by atoms with Crippen molar-refractivity contribution in [3.63, 3.8) is 0 Å². The van der Waals surface area contributed by atoms with E-state index in [1.54, 1.807) is 66.7 Å². The van der Waals surface area contributed by atoms with Gasteiger partial charge in [-0.3, -0.25) is 4.79 Å². The monoisotopic (exact) mass is 486 g/mol. The average molecular weight is 486 g/mol. The zero-order chi connectivity index (χ0) is 25.5. The van der Waals surface area contributed by atoms with Crippen LogP contribution >= 0.6 is 0 Å². The molecule has 0 saturated heterocycles. The van der Waals surface area contributed by atoms with Gasteiger partial charge in [-0.25, -0.2) is 19.0 Å². The number of hydrogen-bond donors (Lipinski definition) is 1. The number of pyridine rings is 1. The van der Waals surface area contributed by atoms with Crippen molar-refractivity contribution in [2.24, 2.45) is 0 Å². The number of anilines is 1. The molecule has 3 aromatic carbocycles. The Hall–Kier alpha value is -4.59. The molecule has 36 heavy (non-hydrogen) atoms. The summed E-state index contributed by atoms with van der Waals surface area (Å²) in [5, 5.41) is 3.19. The number of aromatic nitrogens is 1. The zero-order valence-electron chi connectivity index (χ0n) is 19.5. The van der Waals surface area contributed by atoms with E-state index in [0.29, 0.717) is 40.0 Å². The molecule has 182 valence electrons. The largest absolute Gasteiger partial charge is 0.462 e. The third-order valence-corrected chi connectivity index (χ3v) is 5.25. The first-order valence-electron chi connectivity index (χ1n) is 11.3. The summed E-state index contributed by atoms with van der Waals surface area (Å²) >= 11 is 0. The Morgan fingerprint density at radius 1 is 0.889 bits per heavy atom. The molecule has 0 unspecified atom stereocenters. The summed E-state index contributed by atoms with van der Waals surface area (Å²) in [6.07, 6.45) is 0.724. The van der Waals surface area contributed by atoms with Crippen LogP contribution in [0, 0.1) is 5.82 Å². The lowest BCUT2D eigenvalue weighted by Crippen LogP contribution is -2.21. The maximum atomic E-state index is 13.3. The molecular formula is C28H23FN2O5. The van der Waals surface area contributed by atoms with Crippen molar-refractivity contribution in [3.05, 3.63) is 95.8 Å². The van der Waals surface area contributed by atoms with Crippen molar-refractivity contribution >= 4 is 34.4 Å². The highest BCUT2D eigenvalue weighted by Crippen LogP contribution is 2.25. The van der Waals surface area contributed by atoms with Gasteiger partial charge < -0.3 is 14.8 Å². The van der Waals surface area contributed by atoms with E-state index in [1.807, 2.05) is 6.92 Å². The van der Waals surface area contributed by atoms with Crippen LogP contribution in [0.3, 0.4) is 0 Å². The van der Waals surface area contributed by atoms with E-state index in [4.69, 9.17) is 9.47 Å². The zero-order valence-corrected chi connectivity index (χ0v) is 19.5. The van der Waals surface area contributed by atoms with E-state index in [2.05, 4.69) is 10.3 Å². The second kappa shape index (κ2) is 11.2. The molecule has 8 heteroatoms. The molecule has 0 spiro atoms. The number of amides is 1. The average Bonchev–Trinajstić information content (AvgIpc) is 2.90. The molecule has 0 radical (unpaired) electrons. The van der Waals surface area contributed by atoms with Crippen molar-refractivity contribution in [1.29, 1.82) is 0 Å². The highest BCUT2D eigenvalue weighted by atomic mass is 19.1. The Morgan fingerprint density at radius 2 is 1.61 bits per heavy atom. The highest BCUT2D eigenvalue weighted by molar-refractivity contribution is 6.05. The second-order valence-electron chi connectivity index (χ2n) is 7.92. The van der Waals surface area contributed by atoms with Crippen LogP contribution in [-0.4, -0.2) is 36.0 Å². The van der Waals surface area contributed by atoms with Gasteiger partial charge in [-0.2, -0.15) is 0 Å². The summed E-state index contributed by atoms with van der Waals surface area (Å²) in [7, 11) is 0. The van der Waals surface area contributed by atoms with Crippen molar-refractivity contribution < 1.29 is 28.2 Å². The molecule has 1 N–H and O–H groups in total. The number of esters is 2. The van der Waals surface area contributed by atoms with Crippen LogP contribution in [0.25, 0.3) is 22.2 Å². The molecule has 0 aliphatic heterocycles. The van der Waals surface area contributed by atoms with E-state index < -0.39 is 24.5 Å². The Labute approximate surface area is 206 Å². The van der Waals surface area contributed by atoms with E-state index in [1.165, 1.54) is 12.1 Å². The SMILES string of the molecule is CCCOC(=O)c1ccc(NC(=O)COC(=O)c2cc(-c3ccc(F)cc3)nc3ccccc23)cc1. The van der Waals surface area contributed by atoms with Crippen molar-refractivity contribution in [2.45, 2.75) is 13.3 Å². The minimum absolute atomic E-state index is 0.239. The number of fused-ring (bicyclic) bond motifs is 1. The summed E-state index contributed by atoms with van der Waals surface area (Å²) in [6.45, 7) is 1.73. The molecule has 0 aliphatic carbocycles. The van der Waals surface area contributed by atoms with Gasteiger partial charge in [0, 0.05) is 16.6 Å². The van der Waals surface area contributed by atoms with Gasteiger partial charge in [-0.1, -0.05) is 25.1 Å². The fourth-order valence-electron chi connectivity index (χ4n) is 3.49. The normalized spacial score (nSPS) is 10.6. The molecule has 0 saturated carbocycles. The topological polar surface area (TPSA) is 94.6 Å². The van der Waals surface area contributed by atoms with Crippen molar-refractivity contribution in [3.8, 4) is 11.3 Å². The van der Waals surface area contributed by atoms with Gasteiger partial charge >= 0.3 is 11.9 Å². The molecule has 0 bridgehead atoms. The van der Waals surface area contributed by atoms with E-state index in [9.17, 15) is 18.8 Å². The lowest BCUT2D eigenvalue weighted by molar-refractivity contribution is -0.119. The maximum Gasteiger partial charge on any atom is 0.339 e. The minimum atomic E-state index is -0.693. The fraction of sp³-hybridized carbons (Fsp3) is 0.143. The summed E-state index contributed by atoms with van der Waals surface area (Å²) < 4.78 is 23.7. The van der Waals surface area contributed by atoms with Gasteiger partial charge in [0.15, 0.2) is 6.61 Å². The first-order chi connectivity index (χ1) is 17.4. The molecule has 7 nitrogen and oxygen atoms in total. The van der Waals surface area contributed by atoms with E-state index in [0.717, 1.165) is 6.42 Å². The molecular weight excluding hydrogens is 463 g/mol. The molecule has 4 rings (SSSR count). The number of para-hydroxylation sites is 1. The first kappa shape index (κ1) is 24.5. The van der Waals surface area contributed by atoms with Crippen LogP contribution in [0.4, 0.5) is 10.1 Å². The van der Waals surface area contributed by atoms with E-state index >= 15 is 0 Å². The van der Waals surface area contributed by atoms with Gasteiger partial charge in [-0.05, 0) is 67.1 Å². The number of ether oxygens (including phenoxy) is 2. The predicted molar refractivity (Wildman–Crippen MR) is 133 cm³/mol. The Balaban J connectivity index is 1.44. The number of hydrogen-bond acceptors (Lipinski definition) is 6. The fourth-order valence-corrected chi connectivity index (χ4v) is 3.49. The third kappa shape index (κ3) is 5.90. The molecule has 1 aromatic heterocycles. The van der Waals surface area contributed by atoms with Crippen LogP contribution < -0.4 is 5.32 Å². The van der Waals surface area contributed by atoms with Crippen LogP contribution in [0.1, 0.15) is 34.1 Å². The van der Waals surface area contributed by atoms with Gasteiger partial charge in [-0.15, -0.1) is 0 Å². The van der Waals surface area contributed by atoms with Crippen LogP contribution in [0.2, 0.25) is 0 Å². The van der Waals surface area contributed by atoms with Gasteiger partial charge in [0.2, 0.25) is 0 Å². The molecule has 4 aromatic rings. The molecule has 0 aliphatic rings. The summed E-state index contributed by atoms with van der Waals surface area (Å²) in [6, 6.07) is 20.6. The number of rotatable bonds is 8. The highest BCUT2D eigenvalue weighted by Gasteiger charge is 2.17. The number of benzene rings is 3. The van der Waals surface area contributed by atoms with Crippen LogP contribution in [0.5, 0.6) is 0 Å². The number of carbonyl (C=O) groups is 3. The summed E-state index contributed by atoms with van der Waals surface area (Å²) in [5.41, 5.74) is 2.72. The molecule has 0 fully saturated rings. The molecule has 1 heterocycles. The van der Waals surface area contributed by atoms with Crippen LogP contribution in [0.15, 0.2) is 78.9 Å². The maximum absolute atomic E-state index is 13.3. The standard InChI is InChI=1S/C28H23FN2O5/c1-2-15-35-27(33)19-9-13-21(14-10-19)30-26(32)17-36-28(34)23-16-25(18-7-11-20(29)12-8-18)31-24-6-4-3-5-22(23)24/h3-14,16H,2,15,17H2,1H3,(H,30,32). The molecule has 1 amide bonds. The van der Waals surface area contributed by atoms with Gasteiger partial charge in [0.25, 0.3) is 5.91 Å². The van der Waals surface area contributed by atoms with Gasteiger partial charge in [0.1, 0.15) is 5.82 Å². The van der Waals surface area contributed by atoms with E-state index in [-0.39, 0.29) is 11.4 Å². The Morgan fingerprint density at radius 3 is 2.33 bits per heavy atom. The van der Waals surface area contributed by atoms with Crippen molar-refractivity contribution in [1.82, 2.24) is 4.98 Å². The quantitative estimate of drug-likeness (QED) is 0.335. The summed E-state index contributed by atoms with van der Waals surface area (Å²) in [5.74, 6) is -2.05. The van der Waals surface area contributed by atoms with Crippen molar-refractivity contribution in [2.75, 3.05) is 18.5 Å². The second-order valence-corrected chi connectivity index (χ2v) is 7.92. The van der Waals surface area contributed by atoms with Crippen LogP contribution in [-0.2, 0) is 14.3 Å². The summed E-state index contributed by atoms with van der Waals surface area (Å²) in [4.78, 5) is 41.7. The number of carbonyl (C=O) groups excluding carboxylic acids is 3. The smallest absolute Gasteiger partial charge is 0.339 e. The lowest BCUT2D eigenvalue weighted by atomic mass is 10.0. The lowest BCUT2D eigenvalue weighted by Gasteiger charge is -2.11. The first-order valence-corrected chi connectivity index (χ1v) is 11.3. The minimum Gasteiger partial charge on any atom is -0.462 e. The number of halogens is 1. The Bertz CT molecular complexity index is 1400. The third-order valence-electron chi connectivity index (χ3n) is 5.25. The Kier molecular flexibility index (Phi) is 7.65. The number of nitrogens with one attached hydrogen (secondary N) is 1. The van der Waals surface area contributed by atoms with Gasteiger partial charge in [0.05, 0.1) is 28.9 Å². The number of nitrogens with zero attached hydrogens (tertiary/aromatic N) is 1. The molecule has 0 atom stereocenters.